The lowest BCUT2D eigenvalue weighted by molar-refractivity contribution is 0.199. The fourth-order valence-corrected chi connectivity index (χ4v) is 2.40. The highest BCUT2D eigenvalue weighted by Gasteiger charge is 2.02. The van der Waals surface area contributed by atoms with E-state index < -0.39 is 0 Å². The van der Waals surface area contributed by atoms with E-state index in [4.69, 9.17) is 4.74 Å². The molecular weight excluding hydrogens is 262 g/mol. The van der Waals surface area contributed by atoms with E-state index in [9.17, 15) is 0 Å². The number of hydrogen-bond acceptors (Lipinski definition) is 4. The molecule has 1 aromatic heterocycles. The molecule has 0 bridgehead atoms. The first-order valence-electron chi connectivity index (χ1n) is 7.57. The Morgan fingerprint density at radius 2 is 1.90 bits per heavy atom. The van der Waals surface area contributed by atoms with Gasteiger partial charge in [0, 0.05) is 31.3 Å². The number of aromatic nitrogens is 1. The van der Waals surface area contributed by atoms with Crippen molar-refractivity contribution in [3.8, 4) is 0 Å². The van der Waals surface area contributed by atoms with Gasteiger partial charge < -0.3 is 15.4 Å². The van der Waals surface area contributed by atoms with Gasteiger partial charge in [-0.15, -0.1) is 0 Å². The number of nitrogens with one attached hydrogen (secondary N) is 2. The van der Waals surface area contributed by atoms with Crippen molar-refractivity contribution in [3.05, 3.63) is 41.6 Å². The van der Waals surface area contributed by atoms with E-state index in [1.165, 1.54) is 10.9 Å². The van der Waals surface area contributed by atoms with Gasteiger partial charge in [-0.05, 0) is 44.1 Å². The fourth-order valence-electron chi connectivity index (χ4n) is 2.40. The van der Waals surface area contributed by atoms with Crippen molar-refractivity contribution >= 4 is 10.9 Å². The minimum Gasteiger partial charge on any atom is -0.383 e. The third-order valence-electron chi connectivity index (χ3n) is 3.44. The summed E-state index contributed by atoms with van der Waals surface area (Å²) < 4.78 is 5.00. The Morgan fingerprint density at radius 3 is 2.76 bits per heavy atom. The third kappa shape index (κ3) is 5.08. The molecule has 0 saturated carbocycles. The predicted molar refractivity (Wildman–Crippen MR) is 87.5 cm³/mol. The van der Waals surface area contributed by atoms with Gasteiger partial charge in [-0.1, -0.05) is 18.2 Å². The fraction of sp³-hybridized carbons (Fsp3) is 0.471. The second kappa shape index (κ2) is 8.72. The van der Waals surface area contributed by atoms with E-state index in [1.807, 2.05) is 6.07 Å². The first-order chi connectivity index (χ1) is 10.3. The maximum Gasteiger partial charge on any atom is 0.0708 e. The first kappa shape index (κ1) is 15.9. The normalized spacial score (nSPS) is 11.1. The summed E-state index contributed by atoms with van der Waals surface area (Å²) in [5.74, 6) is 0. The zero-order valence-corrected chi connectivity index (χ0v) is 13.0. The van der Waals surface area contributed by atoms with Gasteiger partial charge in [0.2, 0.25) is 0 Å². The smallest absolute Gasteiger partial charge is 0.0708 e. The number of nitrogens with zero attached hydrogens (tertiary/aromatic N) is 1. The second-order valence-electron chi connectivity index (χ2n) is 5.21. The van der Waals surface area contributed by atoms with Gasteiger partial charge in [0.15, 0.2) is 0 Å². The average Bonchev–Trinajstić information content (AvgIpc) is 2.49. The molecule has 0 unspecified atom stereocenters. The molecule has 0 atom stereocenters. The van der Waals surface area contributed by atoms with Gasteiger partial charge in [0.25, 0.3) is 0 Å². The Balaban J connectivity index is 1.78. The van der Waals surface area contributed by atoms with Crippen LogP contribution >= 0.6 is 0 Å². The number of aryl methyl sites for hydroxylation is 1. The highest BCUT2D eigenvalue weighted by molar-refractivity contribution is 5.82. The number of ether oxygens (including phenoxy) is 1. The molecule has 0 spiro atoms. The van der Waals surface area contributed by atoms with Crippen molar-refractivity contribution in [1.29, 1.82) is 0 Å². The monoisotopic (exact) mass is 287 g/mol. The van der Waals surface area contributed by atoms with Crippen LogP contribution in [0.3, 0.4) is 0 Å². The first-order valence-corrected chi connectivity index (χ1v) is 7.57. The quantitative estimate of drug-likeness (QED) is 0.695. The summed E-state index contributed by atoms with van der Waals surface area (Å²) >= 11 is 0. The van der Waals surface area contributed by atoms with Crippen LogP contribution in [0.1, 0.15) is 17.7 Å². The van der Waals surface area contributed by atoms with Gasteiger partial charge in [0.05, 0.1) is 12.1 Å². The van der Waals surface area contributed by atoms with Crippen molar-refractivity contribution in [2.24, 2.45) is 0 Å². The Hall–Kier alpha value is -1.49. The lowest BCUT2D eigenvalue weighted by atomic mass is 10.1. The largest absolute Gasteiger partial charge is 0.383 e. The predicted octanol–water partition coefficient (Wildman–Crippen LogP) is 2.26. The summed E-state index contributed by atoms with van der Waals surface area (Å²) in [7, 11) is 1.73. The Labute approximate surface area is 126 Å². The van der Waals surface area contributed by atoms with Crippen LogP contribution in [0.15, 0.2) is 30.3 Å². The van der Waals surface area contributed by atoms with Crippen molar-refractivity contribution in [1.82, 2.24) is 15.6 Å². The number of fused-ring (bicyclic) bond motifs is 1. The molecule has 1 aromatic carbocycles. The molecule has 1 heterocycles. The molecule has 2 N–H and O–H groups in total. The van der Waals surface area contributed by atoms with Crippen LogP contribution in [0, 0.1) is 6.92 Å². The van der Waals surface area contributed by atoms with Gasteiger partial charge in [-0.2, -0.15) is 0 Å². The summed E-state index contributed by atoms with van der Waals surface area (Å²) in [5, 5.41) is 8.11. The Morgan fingerprint density at radius 1 is 1.10 bits per heavy atom. The van der Waals surface area contributed by atoms with E-state index in [-0.39, 0.29) is 0 Å². The second-order valence-corrected chi connectivity index (χ2v) is 5.21. The standard InChI is InChI=1S/C17H25N3O/c1-14-12-15(16-6-3-4-7-17(16)20-14)13-19-9-5-8-18-10-11-21-2/h3-4,6-7,12,18-19H,5,8-11,13H2,1-2H3. The van der Waals surface area contributed by atoms with E-state index >= 15 is 0 Å². The molecule has 0 aliphatic carbocycles. The topological polar surface area (TPSA) is 46.2 Å². The maximum absolute atomic E-state index is 5.00. The van der Waals surface area contributed by atoms with Crippen molar-refractivity contribution < 1.29 is 4.74 Å². The van der Waals surface area contributed by atoms with Crippen molar-refractivity contribution in [3.63, 3.8) is 0 Å². The Kier molecular flexibility index (Phi) is 6.60. The van der Waals surface area contributed by atoms with Crippen LogP contribution in [0.4, 0.5) is 0 Å². The van der Waals surface area contributed by atoms with Gasteiger partial charge in [-0.25, -0.2) is 0 Å². The number of pyridine rings is 1. The van der Waals surface area contributed by atoms with Crippen LogP contribution in [-0.2, 0) is 11.3 Å². The van der Waals surface area contributed by atoms with Crippen molar-refractivity contribution in [2.45, 2.75) is 19.9 Å². The Bertz CT molecular complexity index is 557. The summed E-state index contributed by atoms with van der Waals surface area (Å²) in [5.41, 5.74) is 3.48. The van der Waals surface area contributed by atoms with E-state index in [1.54, 1.807) is 7.11 Å². The van der Waals surface area contributed by atoms with E-state index in [0.29, 0.717) is 0 Å². The molecule has 4 heteroatoms. The average molecular weight is 287 g/mol. The van der Waals surface area contributed by atoms with Gasteiger partial charge in [-0.3, -0.25) is 4.98 Å². The van der Waals surface area contributed by atoms with E-state index in [2.05, 4.69) is 46.8 Å². The lowest BCUT2D eigenvalue weighted by Gasteiger charge is -2.09. The number of benzene rings is 1. The van der Waals surface area contributed by atoms with Crippen LogP contribution in [0.5, 0.6) is 0 Å². The number of hydrogen-bond donors (Lipinski definition) is 2. The third-order valence-corrected chi connectivity index (χ3v) is 3.44. The molecule has 4 nitrogen and oxygen atoms in total. The maximum atomic E-state index is 5.00. The van der Waals surface area contributed by atoms with E-state index in [0.717, 1.165) is 50.4 Å². The molecule has 0 aliphatic rings. The summed E-state index contributed by atoms with van der Waals surface area (Å²) in [6.45, 7) is 6.67. The molecule has 2 rings (SSSR count). The summed E-state index contributed by atoms with van der Waals surface area (Å²) in [6.07, 6.45) is 1.12. The van der Waals surface area contributed by atoms with Crippen LogP contribution in [-0.4, -0.2) is 38.3 Å². The van der Waals surface area contributed by atoms with Crippen molar-refractivity contribution in [2.75, 3.05) is 33.4 Å². The number of methoxy groups -OCH3 is 1. The highest BCUT2D eigenvalue weighted by atomic mass is 16.5. The highest BCUT2D eigenvalue weighted by Crippen LogP contribution is 2.17. The molecule has 0 amide bonds. The molecule has 114 valence electrons. The minimum atomic E-state index is 0.774. The SMILES string of the molecule is COCCNCCCNCc1cc(C)nc2ccccc12. The molecular formula is C17H25N3O. The molecule has 0 aliphatic heterocycles. The number of para-hydroxylation sites is 1. The molecule has 0 fully saturated rings. The molecule has 0 saturated heterocycles. The molecule has 0 radical (unpaired) electrons. The molecule has 2 aromatic rings. The lowest BCUT2D eigenvalue weighted by Crippen LogP contribution is -2.24. The number of rotatable bonds is 9. The zero-order valence-electron chi connectivity index (χ0n) is 13.0. The molecule has 21 heavy (non-hydrogen) atoms. The van der Waals surface area contributed by atoms with Gasteiger partial charge >= 0.3 is 0 Å². The summed E-state index contributed by atoms with van der Waals surface area (Å²) in [4.78, 5) is 4.57. The van der Waals surface area contributed by atoms with Crippen LogP contribution in [0.25, 0.3) is 10.9 Å². The summed E-state index contributed by atoms with van der Waals surface area (Å²) in [6, 6.07) is 10.5. The van der Waals surface area contributed by atoms with Crippen LogP contribution in [0.2, 0.25) is 0 Å². The van der Waals surface area contributed by atoms with Gasteiger partial charge in [0.1, 0.15) is 0 Å². The minimum absolute atomic E-state index is 0.774. The zero-order chi connectivity index (χ0) is 14.9. The van der Waals surface area contributed by atoms with Crippen LogP contribution < -0.4 is 10.6 Å².